The number of carbonyl (C=O) groups excluding carboxylic acids is 1. The lowest BCUT2D eigenvalue weighted by Gasteiger charge is -2.43. The van der Waals surface area contributed by atoms with Crippen LogP contribution in [0, 0.1) is 18.3 Å². The summed E-state index contributed by atoms with van der Waals surface area (Å²) < 4.78 is 0. The third-order valence-electron chi connectivity index (χ3n) is 6.29. The molecule has 1 fully saturated rings. The first kappa shape index (κ1) is 21.2. The smallest absolute Gasteiger partial charge is 0.262 e. The van der Waals surface area contributed by atoms with E-state index in [0.717, 1.165) is 43.4 Å². The van der Waals surface area contributed by atoms with Crippen LogP contribution in [0.25, 0.3) is 11.6 Å². The van der Waals surface area contributed by atoms with Gasteiger partial charge in [0, 0.05) is 23.8 Å². The molecule has 1 aromatic rings. The summed E-state index contributed by atoms with van der Waals surface area (Å²) in [6.07, 6.45) is 9.59. The molecule has 0 radical (unpaired) electrons. The van der Waals surface area contributed by atoms with E-state index in [-0.39, 0.29) is 23.1 Å². The van der Waals surface area contributed by atoms with Crippen LogP contribution in [0.3, 0.4) is 0 Å². The molecule has 1 amide bonds. The van der Waals surface area contributed by atoms with E-state index in [9.17, 15) is 10.1 Å². The molecule has 0 unspecified atom stereocenters. The second kappa shape index (κ2) is 8.45. The molecular weight excluding hydrogens is 358 g/mol. The standard InChI is InChI=1S/C25H33N3O/c1-6-28-23-12-17(2)19(14-22(23)18(3)15-25(28,4)5)13-20(16-26)24(29)27-21-10-8-7-9-11-21/h12-15,21H,6-11H2,1-5H3,(H,27,29)/b20-13+. The highest BCUT2D eigenvalue weighted by Crippen LogP contribution is 2.40. The molecule has 2 aliphatic rings. The molecule has 29 heavy (non-hydrogen) atoms. The molecule has 0 bridgehead atoms. The van der Waals surface area contributed by atoms with Crippen LogP contribution in [-0.4, -0.2) is 24.0 Å². The Labute approximate surface area is 175 Å². The zero-order valence-corrected chi connectivity index (χ0v) is 18.4. The maximum Gasteiger partial charge on any atom is 0.262 e. The van der Waals surface area contributed by atoms with Crippen molar-refractivity contribution in [3.05, 3.63) is 40.5 Å². The number of amides is 1. The van der Waals surface area contributed by atoms with Gasteiger partial charge in [-0.1, -0.05) is 25.3 Å². The quantitative estimate of drug-likeness (QED) is 0.554. The number of rotatable bonds is 4. The number of anilines is 1. The molecular formula is C25H33N3O. The first-order valence-electron chi connectivity index (χ1n) is 10.8. The number of fused-ring (bicyclic) bond motifs is 1. The number of likely N-dealkylation sites (N-methyl/N-ethyl adjacent to an activating group) is 1. The van der Waals surface area contributed by atoms with E-state index in [1.807, 2.05) is 0 Å². The van der Waals surface area contributed by atoms with E-state index in [4.69, 9.17) is 0 Å². The molecule has 4 heteroatoms. The van der Waals surface area contributed by atoms with Gasteiger partial charge in [0.05, 0.1) is 5.54 Å². The van der Waals surface area contributed by atoms with Gasteiger partial charge in [0.15, 0.2) is 0 Å². The number of nitrogens with zero attached hydrogens (tertiary/aromatic N) is 2. The van der Waals surface area contributed by atoms with Crippen LogP contribution in [0.2, 0.25) is 0 Å². The lowest BCUT2D eigenvalue weighted by Crippen LogP contribution is -2.44. The summed E-state index contributed by atoms with van der Waals surface area (Å²) in [5, 5.41) is 12.7. The normalized spacial score (nSPS) is 19.2. The number of nitriles is 1. The van der Waals surface area contributed by atoms with Crippen molar-refractivity contribution < 1.29 is 4.79 Å². The number of carbonyl (C=O) groups is 1. The summed E-state index contributed by atoms with van der Waals surface area (Å²) in [7, 11) is 0. The number of benzene rings is 1. The van der Waals surface area contributed by atoms with Crippen molar-refractivity contribution in [2.24, 2.45) is 0 Å². The average molecular weight is 392 g/mol. The predicted octanol–water partition coefficient (Wildman–Crippen LogP) is 5.37. The summed E-state index contributed by atoms with van der Waals surface area (Å²) in [5.41, 5.74) is 5.78. The van der Waals surface area contributed by atoms with Gasteiger partial charge < -0.3 is 10.2 Å². The van der Waals surface area contributed by atoms with E-state index < -0.39 is 0 Å². The monoisotopic (exact) mass is 391 g/mol. The van der Waals surface area contributed by atoms with Crippen LogP contribution in [0.1, 0.15) is 76.5 Å². The molecule has 1 N–H and O–H groups in total. The summed E-state index contributed by atoms with van der Waals surface area (Å²) in [6.45, 7) is 11.7. The van der Waals surface area contributed by atoms with Gasteiger partial charge in [0.2, 0.25) is 0 Å². The fraction of sp³-hybridized carbons (Fsp3) is 0.520. The summed E-state index contributed by atoms with van der Waals surface area (Å²) in [4.78, 5) is 15.1. The Balaban J connectivity index is 1.93. The molecule has 0 saturated heterocycles. The van der Waals surface area contributed by atoms with E-state index in [1.165, 1.54) is 23.2 Å². The highest BCUT2D eigenvalue weighted by Gasteiger charge is 2.30. The van der Waals surface area contributed by atoms with Crippen molar-refractivity contribution in [1.82, 2.24) is 5.32 Å². The second-order valence-corrected chi connectivity index (χ2v) is 8.93. The molecule has 0 spiro atoms. The van der Waals surface area contributed by atoms with E-state index >= 15 is 0 Å². The third kappa shape index (κ3) is 4.40. The molecule has 0 aromatic heterocycles. The summed E-state index contributed by atoms with van der Waals surface area (Å²) in [6, 6.07) is 6.63. The van der Waals surface area contributed by atoms with Crippen LogP contribution in [-0.2, 0) is 4.79 Å². The number of hydrogen-bond acceptors (Lipinski definition) is 3. The fourth-order valence-corrected chi connectivity index (χ4v) is 4.79. The van der Waals surface area contributed by atoms with Crippen LogP contribution < -0.4 is 10.2 Å². The SMILES string of the molecule is CCN1c2cc(C)c(/C=C(\C#N)C(=O)NC3CCCCC3)cc2C(C)=CC1(C)C. The topological polar surface area (TPSA) is 56.1 Å². The molecule has 1 heterocycles. The predicted molar refractivity (Wildman–Crippen MR) is 121 cm³/mol. The third-order valence-corrected chi connectivity index (χ3v) is 6.29. The van der Waals surface area contributed by atoms with Crippen molar-refractivity contribution in [3.63, 3.8) is 0 Å². The molecule has 4 nitrogen and oxygen atoms in total. The molecule has 154 valence electrons. The van der Waals surface area contributed by atoms with Crippen molar-refractivity contribution in [2.75, 3.05) is 11.4 Å². The van der Waals surface area contributed by atoms with Gasteiger partial charge in [-0.25, -0.2) is 0 Å². The van der Waals surface area contributed by atoms with Gasteiger partial charge >= 0.3 is 0 Å². The number of nitrogens with one attached hydrogen (secondary N) is 1. The molecule has 1 aliphatic heterocycles. The van der Waals surface area contributed by atoms with Crippen molar-refractivity contribution in [1.29, 1.82) is 5.26 Å². The van der Waals surface area contributed by atoms with Crippen molar-refractivity contribution in [3.8, 4) is 6.07 Å². The van der Waals surface area contributed by atoms with E-state index in [0.29, 0.717) is 0 Å². The van der Waals surface area contributed by atoms with Gasteiger partial charge in [-0.15, -0.1) is 0 Å². The van der Waals surface area contributed by atoms with Crippen LogP contribution >= 0.6 is 0 Å². The van der Waals surface area contributed by atoms with E-state index in [1.54, 1.807) is 6.08 Å². The summed E-state index contributed by atoms with van der Waals surface area (Å²) >= 11 is 0. The van der Waals surface area contributed by atoms with Gasteiger partial charge in [-0.2, -0.15) is 5.26 Å². The van der Waals surface area contributed by atoms with Crippen molar-refractivity contribution in [2.45, 2.75) is 78.3 Å². The van der Waals surface area contributed by atoms with Crippen LogP contribution in [0.5, 0.6) is 0 Å². The molecule has 1 aliphatic carbocycles. The number of hydrogen-bond donors (Lipinski definition) is 1. The minimum absolute atomic E-state index is 0.0344. The largest absolute Gasteiger partial charge is 0.363 e. The lowest BCUT2D eigenvalue weighted by atomic mass is 9.86. The Kier molecular flexibility index (Phi) is 6.17. The van der Waals surface area contributed by atoms with Gasteiger partial charge in [-0.3, -0.25) is 4.79 Å². The lowest BCUT2D eigenvalue weighted by molar-refractivity contribution is -0.117. The maximum atomic E-state index is 12.7. The highest BCUT2D eigenvalue weighted by atomic mass is 16.1. The average Bonchev–Trinajstić information content (AvgIpc) is 2.67. The Morgan fingerprint density at radius 2 is 1.97 bits per heavy atom. The minimum atomic E-state index is -0.250. The zero-order chi connectivity index (χ0) is 21.2. The Morgan fingerprint density at radius 3 is 2.59 bits per heavy atom. The van der Waals surface area contributed by atoms with Gasteiger partial charge in [0.1, 0.15) is 11.6 Å². The zero-order valence-electron chi connectivity index (χ0n) is 18.4. The molecule has 3 rings (SSSR count). The van der Waals surface area contributed by atoms with E-state index in [2.05, 4.69) is 69.1 Å². The maximum absolute atomic E-state index is 12.7. The Morgan fingerprint density at radius 1 is 1.28 bits per heavy atom. The van der Waals surface area contributed by atoms with Crippen LogP contribution in [0.15, 0.2) is 23.8 Å². The first-order chi connectivity index (χ1) is 13.8. The molecule has 0 atom stereocenters. The summed E-state index contributed by atoms with van der Waals surface area (Å²) in [5.74, 6) is -0.250. The minimum Gasteiger partial charge on any atom is -0.363 e. The molecule has 1 aromatic carbocycles. The van der Waals surface area contributed by atoms with Crippen LogP contribution in [0.4, 0.5) is 5.69 Å². The number of aryl methyl sites for hydroxylation is 1. The number of allylic oxidation sites excluding steroid dienone is 1. The molecule has 1 saturated carbocycles. The Bertz CT molecular complexity index is 895. The van der Waals surface area contributed by atoms with Gasteiger partial charge in [0.25, 0.3) is 5.91 Å². The second-order valence-electron chi connectivity index (χ2n) is 8.93. The van der Waals surface area contributed by atoms with Gasteiger partial charge in [-0.05, 0) is 82.4 Å². The fourth-order valence-electron chi connectivity index (χ4n) is 4.79. The first-order valence-corrected chi connectivity index (χ1v) is 10.8. The Hall–Kier alpha value is -2.54. The highest BCUT2D eigenvalue weighted by molar-refractivity contribution is 6.02. The van der Waals surface area contributed by atoms with Crippen molar-refractivity contribution >= 4 is 23.2 Å².